The molecule has 1 aromatic carbocycles. The number of hydrogen-bond acceptors (Lipinski definition) is 4. The minimum absolute atomic E-state index is 0.0125. The van der Waals surface area contributed by atoms with Crippen LogP contribution >= 0.6 is 11.6 Å². The van der Waals surface area contributed by atoms with Crippen LogP contribution < -0.4 is 16.3 Å². The lowest BCUT2D eigenvalue weighted by atomic mass is 10.1. The third kappa shape index (κ3) is 3.89. The molecule has 0 atom stereocenters. The number of aromatic amines is 1. The standard InChI is InChI=1S/C20H19ClN4O3/c1-11-8-12(2)23-19(27)14(11)10-22-20(28)18-17(26)9-13(3)25(24-18)16-7-5-4-6-15(16)21/h4-9H,10H2,1-3H3,(H,22,28)(H,23,27). The van der Waals surface area contributed by atoms with Crippen LogP contribution in [0, 0.1) is 20.8 Å². The monoisotopic (exact) mass is 398 g/mol. The molecule has 7 nitrogen and oxygen atoms in total. The summed E-state index contributed by atoms with van der Waals surface area (Å²) in [7, 11) is 0. The van der Waals surface area contributed by atoms with Crippen LogP contribution in [0.25, 0.3) is 5.69 Å². The Bertz CT molecular complexity index is 1180. The van der Waals surface area contributed by atoms with Crippen molar-refractivity contribution in [2.24, 2.45) is 0 Å². The normalized spacial score (nSPS) is 10.7. The summed E-state index contributed by atoms with van der Waals surface area (Å²) in [5, 5.41) is 7.24. The first-order valence-electron chi connectivity index (χ1n) is 8.61. The zero-order valence-electron chi connectivity index (χ0n) is 15.7. The zero-order valence-corrected chi connectivity index (χ0v) is 16.4. The highest BCUT2D eigenvalue weighted by Crippen LogP contribution is 2.19. The van der Waals surface area contributed by atoms with E-state index in [1.54, 1.807) is 45.0 Å². The quantitative estimate of drug-likeness (QED) is 0.705. The first kappa shape index (κ1) is 19.6. The molecule has 0 saturated carbocycles. The van der Waals surface area contributed by atoms with E-state index >= 15 is 0 Å². The van der Waals surface area contributed by atoms with E-state index in [4.69, 9.17) is 11.6 Å². The fourth-order valence-electron chi connectivity index (χ4n) is 2.93. The van der Waals surface area contributed by atoms with Crippen LogP contribution in [0.15, 0.2) is 46.0 Å². The van der Waals surface area contributed by atoms with Crippen molar-refractivity contribution in [2.45, 2.75) is 27.3 Å². The van der Waals surface area contributed by atoms with Crippen molar-refractivity contribution >= 4 is 17.5 Å². The maximum atomic E-state index is 12.6. The van der Waals surface area contributed by atoms with Crippen molar-refractivity contribution in [3.8, 4) is 5.69 Å². The molecule has 0 radical (unpaired) electrons. The third-order valence-corrected chi connectivity index (χ3v) is 4.64. The van der Waals surface area contributed by atoms with Gasteiger partial charge in [0.25, 0.3) is 11.5 Å². The fraction of sp³-hybridized carbons (Fsp3) is 0.200. The van der Waals surface area contributed by atoms with Gasteiger partial charge in [-0.3, -0.25) is 14.4 Å². The van der Waals surface area contributed by atoms with Crippen LogP contribution in [0.2, 0.25) is 5.02 Å². The van der Waals surface area contributed by atoms with Gasteiger partial charge >= 0.3 is 0 Å². The van der Waals surface area contributed by atoms with Gasteiger partial charge in [0, 0.05) is 29.6 Å². The Labute approximate surface area is 166 Å². The molecule has 8 heteroatoms. The Morgan fingerprint density at radius 3 is 2.57 bits per heavy atom. The summed E-state index contributed by atoms with van der Waals surface area (Å²) in [5.41, 5.74) is 1.97. The number of nitrogens with one attached hydrogen (secondary N) is 2. The van der Waals surface area contributed by atoms with Crippen molar-refractivity contribution in [3.63, 3.8) is 0 Å². The molecule has 3 rings (SSSR count). The van der Waals surface area contributed by atoms with E-state index in [1.165, 1.54) is 10.7 Å². The highest BCUT2D eigenvalue weighted by molar-refractivity contribution is 6.32. The highest BCUT2D eigenvalue weighted by atomic mass is 35.5. The molecule has 2 N–H and O–H groups in total. The molecule has 0 spiro atoms. The van der Waals surface area contributed by atoms with E-state index in [1.807, 2.05) is 6.07 Å². The molecule has 2 heterocycles. The molecule has 0 aliphatic heterocycles. The maximum absolute atomic E-state index is 12.6. The van der Waals surface area contributed by atoms with Gasteiger partial charge in [-0.25, -0.2) is 4.68 Å². The van der Waals surface area contributed by atoms with E-state index in [2.05, 4.69) is 15.4 Å². The number of amides is 1. The van der Waals surface area contributed by atoms with Crippen LogP contribution in [0.1, 0.15) is 33.0 Å². The van der Waals surface area contributed by atoms with E-state index in [0.29, 0.717) is 22.0 Å². The average molecular weight is 399 g/mol. The Hall–Kier alpha value is -3.19. The van der Waals surface area contributed by atoms with Crippen LogP contribution in [0.5, 0.6) is 0 Å². The van der Waals surface area contributed by atoms with E-state index < -0.39 is 11.3 Å². The molecule has 0 unspecified atom stereocenters. The largest absolute Gasteiger partial charge is 0.346 e. The maximum Gasteiger partial charge on any atom is 0.276 e. The molecule has 0 fully saturated rings. The Balaban J connectivity index is 1.93. The average Bonchev–Trinajstić information content (AvgIpc) is 2.61. The van der Waals surface area contributed by atoms with Gasteiger partial charge in [0.05, 0.1) is 10.7 Å². The third-order valence-electron chi connectivity index (χ3n) is 4.32. The number of halogens is 1. The number of hydrogen-bond donors (Lipinski definition) is 2. The molecule has 0 aliphatic carbocycles. The number of nitrogens with zero attached hydrogens (tertiary/aromatic N) is 2. The number of aryl methyl sites for hydroxylation is 3. The van der Waals surface area contributed by atoms with E-state index in [0.717, 1.165) is 11.3 Å². The van der Waals surface area contributed by atoms with E-state index in [9.17, 15) is 14.4 Å². The minimum Gasteiger partial charge on any atom is -0.346 e. The number of carbonyl (C=O) groups is 1. The van der Waals surface area contributed by atoms with Gasteiger partial charge in [-0.15, -0.1) is 0 Å². The Kier molecular flexibility index (Phi) is 5.46. The van der Waals surface area contributed by atoms with Crippen LogP contribution in [-0.4, -0.2) is 20.7 Å². The van der Waals surface area contributed by atoms with Crippen molar-refractivity contribution in [2.75, 3.05) is 0 Å². The number of aromatic nitrogens is 3. The van der Waals surface area contributed by atoms with Crippen molar-refractivity contribution in [3.05, 3.63) is 90.2 Å². The number of pyridine rings is 1. The summed E-state index contributed by atoms with van der Waals surface area (Å²) in [4.78, 5) is 39.7. The lowest BCUT2D eigenvalue weighted by Gasteiger charge is -2.13. The molecule has 2 aromatic heterocycles. The highest BCUT2D eigenvalue weighted by Gasteiger charge is 2.17. The van der Waals surface area contributed by atoms with Gasteiger partial charge in [-0.2, -0.15) is 5.10 Å². The van der Waals surface area contributed by atoms with Crippen LogP contribution in [0.3, 0.4) is 0 Å². The first-order chi connectivity index (χ1) is 13.3. The summed E-state index contributed by atoms with van der Waals surface area (Å²) >= 11 is 6.21. The predicted molar refractivity (Wildman–Crippen MR) is 107 cm³/mol. The summed E-state index contributed by atoms with van der Waals surface area (Å²) in [5.74, 6) is -0.662. The number of benzene rings is 1. The summed E-state index contributed by atoms with van der Waals surface area (Å²) in [6, 6.07) is 10.1. The molecular weight excluding hydrogens is 380 g/mol. The first-order valence-corrected chi connectivity index (χ1v) is 8.99. The van der Waals surface area contributed by atoms with Crippen LogP contribution in [-0.2, 0) is 6.54 Å². The SMILES string of the molecule is Cc1cc(C)c(CNC(=O)c2nn(-c3ccccc3Cl)c(C)cc2=O)c(=O)[nH]1. The summed E-state index contributed by atoms with van der Waals surface area (Å²) < 4.78 is 1.45. The van der Waals surface area contributed by atoms with Gasteiger partial charge in [-0.1, -0.05) is 23.7 Å². The Morgan fingerprint density at radius 1 is 1.18 bits per heavy atom. The second-order valence-electron chi connectivity index (χ2n) is 6.49. The molecule has 144 valence electrons. The number of carbonyl (C=O) groups excluding carboxylic acids is 1. The molecule has 28 heavy (non-hydrogen) atoms. The second-order valence-corrected chi connectivity index (χ2v) is 6.89. The summed E-state index contributed by atoms with van der Waals surface area (Å²) in [6.45, 7) is 5.26. The summed E-state index contributed by atoms with van der Waals surface area (Å²) in [6.07, 6.45) is 0. The number of H-pyrrole nitrogens is 1. The molecular formula is C20H19ClN4O3. The number of rotatable bonds is 4. The minimum atomic E-state index is -0.662. The van der Waals surface area contributed by atoms with Crippen LogP contribution in [0.4, 0.5) is 0 Å². The molecule has 0 aliphatic rings. The lowest BCUT2D eigenvalue weighted by Crippen LogP contribution is -2.33. The van der Waals surface area contributed by atoms with Crippen molar-refractivity contribution < 1.29 is 4.79 Å². The fourth-order valence-corrected chi connectivity index (χ4v) is 3.14. The molecule has 3 aromatic rings. The van der Waals surface area contributed by atoms with Crippen molar-refractivity contribution in [1.82, 2.24) is 20.1 Å². The lowest BCUT2D eigenvalue weighted by molar-refractivity contribution is 0.0942. The van der Waals surface area contributed by atoms with Crippen molar-refractivity contribution in [1.29, 1.82) is 0 Å². The van der Waals surface area contributed by atoms with Gasteiger partial charge in [0.15, 0.2) is 5.69 Å². The smallest absolute Gasteiger partial charge is 0.276 e. The predicted octanol–water partition coefficient (Wildman–Crippen LogP) is 2.43. The van der Waals surface area contributed by atoms with Gasteiger partial charge in [-0.05, 0) is 44.5 Å². The van der Waals surface area contributed by atoms with Gasteiger partial charge in [0.2, 0.25) is 5.43 Å². The number of para-hydroxylation sites is 1. The van der Waals surface area contributed by atoms with Gasteiger partial charge in [0.1, 0.15) is 0 Å². The van der Waals surface area contributed by atoms with Gasteiger partial charge < -0.3 is 10.3 Å². The zero-order chi connectivity index (χ0) is 20.4. The Morgan fingerprint density at radius 2 is 1.89 bits per heavy atom. The van der Waals surface area contributed by atoms with E-state index in [-0.39, 0.29) is 17.8 Å². The molecule has 0 bridgehead atoms. The molecule has 1 amide bonds. The topological polar surface area (TPSA) is 96.8 Å². The second kappa shape index (κ2) is 7.82. The molecule has 0 saturated heterocycles.